The second-order valence-electron chi connectivity index (χ2n) is 4.24. The highest BCUT2D eigenvalue weighted by Crippen LogP contribution is 2.51. The summed E-state index contributed by atoms with van der Waals surface area (Å²) < 4.78 is 2.48. The van der Waals surface area contributed by atoms with E-state index in [0.29, 0.717) is 0 Å². The van der Waals surface area contributed by atoms with Crippen LogP contribution in [0.3, 0.4) is 0 Å². The zero-order chi connectivity index (χ0) is 12.7. The quantitative estimate of drug-likeness (QED) is 0.478. The second-order valence-corrected chi connectivity index (χ2v) is 19.3. The van der Waals surface area contributed by atoms with E-state index >= 15 is 0 Å². The van der Waals surface area contributed by atoms with Crippen LogP contribution in [0.15, 0.2) is 0 Å². The van der Waals surface area contributed by atoms with Crippen LogP contribution in [0, 0.1) is 0 Å². The topological polar surface area (TPSA) is 9.23 Å². The molecule has 15 heavy (non-hydrogen) atoms. The van der Waals surface area contributed by atoms with Gasteiger partial charge in [-0.3, -0.25) is 0 Å². The molecule has 0 bridgehead atoms. The Hall–Kier alpha value is 2.13. The molecule has 0 rings (SSSR count). The van der Waals surface area contributed by atoms with Gasteiger partial charge in [-0.1, -0.05) is 69.6 Å². The van der Waals surface area contributed by atoms with E-state index in [2.05, 4.69) is 0 Å². The van der Waals surface area contributed by atoms with Gasteiger partial charge in [0.15, 0.2) is 8.32 Å². The van der Waals surface area contributed by atoms with Crippen LogP contribution in [-0.4, -0.2) is 23.5 Å². The molecule has 0 N–H and O–H groups in total. The first-order valence-corrected chi connectivity index (χ1v) is 12.1. The number of rotatable bonds is 2. The maximum Gasteiger partial charge on any atom is 0.289 e. The summed E-state index contributed by atoms with van der Waals surface area (Å²) in [6.45, 7) is 7.46. The molecule has 0 heterocycles. The molecule has 92 valence electrons. The van der Waals surface area contributed by atoms with Crippen molar-refractivity contribution < 1.29 is 4.12 Å². The minimum atomic E-state index is -3.13. The molecule has 0 fully saturated rings. The van der Waals surface area contributed by atoms with Crippen LogP contribution in [0.2, 0.25) is 26.2 Å². The monoisotopic (exact) mass is 366 g/mol. The Balaban J connectivity index is 5.26. The van der Waals surface area contributed by atoms with Crippen molar-refractivity contribution in [3.63, 3.8) is 0 Å². The maximum atomic E-state index is 5.87. The predicted octanol–water partition coefficient (Wildman–Crippen LogP) is 5.23. The van der Waals surface area contributed by atoms with E-state index in [1.54, 1.807) is 6.55 Å². The molecule has 0 aliphatic rings. The van der Waals surface area contributed by atoms with Gasteiger partial charge in [-0.25, -0.2) is 0 Å². The molecule has 0 aromatic carbocycles. The van der Waals surface area contributed by atoms with Gasteiger partial charge in [0.1, 0.15) is 0 Å². The van der Waals surface area contributed by atoms with Crippen LogP contribution in [-0.2, 0) is 4.12 Å². The first kappa shape index (κ1) is 17.1. The summed E-state index contributed by atoms with van der Waals surface area (Å²) in [4.78, 5) is 0. The average Bonchev–Trinajstić information content (AvgIpc) is 1.77. The molecule has 0 aliphatic carbocycles. The lowest BCUT2D eigenvalue weighted by Crippen LogP contribution is -2.63. The molecule has 0 atom stereocenters. The maximum absolute atomic E-state index is 5.87. The SMILES string of the molecule is C[Si](C)(C)O[Si](C)(C(Cl)(Cl)Cl)C(Cl)(Cl)Cl. The van der Waals surface area contributed by atoms with Crippen molar-refractivity contribution in [1.82, 2.24) is 0 Å². The van der Waals surface area contributed by atoms with Crippen LogP contribution in [0.5, 0.6) is 0 Å². The third kappa shape index (κ3) is 4.72. The number of hydrogen-bond acceptors (Lipinski definition) is 1. The van der Waals surface area contributed by atoms with Crippen LogP contribution in [0.25, 0.3) is 0 Å². The fraction of sp³-hybridized carbons (Fsp3) is 1.00. The molecule has 0 aromatic rings. The lowest BCUT2D eigenvalue weighted by Gasteiger charge is -2.42. The van der Waals surface area contributed by atoms with Crippen molar-refractivity contribution in [3.05, 3.63) is 0 Å². The summed E-state index contributed by atoms with van der Waals surface area (Å²) >= 11 is 35.2. The van der Waals surface area contributed by atoms with Crippen molar-refractivity contribution in [3.8, 4) is 0 Å². The molecule has 0 saturated carbocycles. The Bertz CT molecular complexity index is 213. The number of halogens is 6. The van der Waals surface area contributed by atoms with E-state index in [1.807, 2.05) is 19.6 Å². The summed E-state index contributed by atoms with van der Waals surface area (Å²) in [7, 11) is -5.09. The van der Waals surface area contributed by atoms with Gasteiger partial charge in [0.25, 0.3) is 8.32 Å². The van der Waals surface area contributed by atoms with Gasteiger partial charge >= 0.3 is 0 Å². The Labute approximate surface area is 123 Å². The van der Waals surface area contributed by atoms with Crippen molar-refractivity contribution >= 4 is 86.2 Å². The Morgan fingerprint density at radius 1 is 0.733 bits per heavy atom. The fourth-order valence-electron chi connectivity index (χ4n) is 0.889. The van der Waals surface area contributed by atoms with Crippen LogP contribution < -0.4 is 0 Å². The molecule has 1 nitrogen and oxygen atoms in total. The minimum absolute atomic E-state index is 1.62. The van der Waals surface area contributed by atoms with E-state index in [9.17, 15) is 0 Å². The van der Waals surface area contributed by atoms with Crippen molar-refractivity contribution in [2.45, 2.75) is 33.0 Å². The van der Waals surface area contributed by atoms with Gasteiger partial charge in [0, 0.05) is 0 Å². The molecule has 0 radical (unpaired) electrons. The van der Waals surface area contributed by atoms with Crippen molar-refractivity contribution in [2.24, 2.45) is 0 Å². The molecule has 0 saturated heterocycles. The van der Waals surface area contributed by atoms with E-state index in [0.717, 1.165) is 0 Å². The normalized spacial score (nSPS) is 15.6. The molecule has 0 unspecified atom stereocenters. The van der Waals surface area contributed by atoms with Gasteiger partial charge in [-0.05, 0) is 26.2 Å². The third-order valence-electron chi connectivity index (χ3n) is 1.59. The van der Waals surface area contributed by atoms with Gasteiger partial charge in [0.2, 0.25) is 6.83 Å². The summed E-state index contributed by atoms with van der Waals surface area (Å²) in [5, 5.41) is 0. The van der Waals surface area contributed by atoms with Crippen molar-refractivity contribution in [1.29, 1.82) is 0 Å². The smallest absolute Gasteiger partial charge is 0.289 e. The summed E-state index contributed by atoms with van der Waals surface area (Å²) in [6.07, 6.45) is 0. The van der Waals surface area contributed by atoms with Crippen molar-refractivity contribution in [2.75, 3.05) is 0 Å². The van der Waals surface area contributed by atoms with Gasteiger partial charge < -0.3 is 4.12 Å². The largest absolute Gasteiger partial charge is 0.450 e. The summed E-state index contributed by atoms with van der Waals surface area (Å²) in [5.74, 6) is 0. The Morgan fingerprint density at radius 2 is 1.00 bits per heavy atom. The van der Waals surface area contributed by atoms with E-state index in [-0.39, 0.29) is 0 Å². The third-order valence-corrected chi connectivity index (χ3v) is 14.3. The lowest BCUT2D eigenvalue weighted by molar-refractivity contribution is 0.541. The standard InChI is InChI=1S/C6H12Cl6OSi2/c1-14(2,3)13-15(4,5(7,8)9)6(10,11)12/h1-4H3. The lowest BCUT2D eigenvalue weighted by atomic mass is 11.7. The average molecular weight is 369 g/mol. The Morgan fingerprint density at radius 3 is 1.07 bits per heavy atom. The zero-order valence-corrected chi connectivity index (χ0v) is 15.2. The summed E-state index contributed by atoms with van der Waals surface area (Å²) in [6, 6.07) is 0. The number of hydrogen-bond donors (Lipinski definition) is 0. The molecule has 9 heteroatoms. The molecule has 0 spiro atoms. The number of alkyl halides is 6. The van der Waals surface area contributed by atoms with Crippen LogP contribution in [0.1, 0.15) is 0 Å². The van der Waals surface area contributed by atoms with E-state index < -0.39 is 23.5 Å². The van der Waals surface area contributed by atoms with Crippen LogP contribution >= 0.6 is 69.6 Å². The first-order valence-electron chi connectivity index (χ1n) is 4.04. The highest BCUT2D eigenvalue weighted by molar-refractivity contribution is 7.15. The first-order chi connectivity index (χ1) is 6.21. The Kier molecular flexibility index (Phi) is 5.73. The zero-order valence-electron chi connectivity index (χ0n) is 8.68. The highest BCUT2D eigenvalue weighted by Gasteiger charge is 2.63. The molecular weight excluding hydrogens is 357 g/mol. The summed E-state index contributed by atoms with van der Waals surface area (Å²) in [5.41, 5.74) is 0. The fourth-order valence-corrected chi connectivity index (χ4v) is 13.0. The van der Waals surface area contributed by atoms with Gasteiger partial charge in [-0.15, -0.1) is 0 Å². The predicted molar refractivity (Wildman–Crippen MR) is 76.6 cm³/mol. The van der Waals surface area contributed by atoms with E-state index in [4.69, 9.17) is 73.7 Å². The van der Waals surface area contributed by atoms with E-state index in [1.165, 1.54) is 0 Å². The molecular formula is C6H12Cl6OSi2. The highest BCUT2D eigenvalue weighted by atomic mass is 35.6. The van der Waals surface area contributed by atoms with Gasteiger partial charge in [-0.2, -0.15) is 0 Å². The molecule has 0 amide bonds. The van der Waals surface area contributed by atoms with Crippen LogP contribution in [0.4, 0.5) is 0 Å². The minimum Gasteiger partial charge on any atom is -0.450 e. The molecule has 0 aliphatic heterocycles. The second kappa shape index (κ2) is 5.02. The van der Waals surface area contributed by atoms with Gasteiger partial charge in [0.05, 0.1) is 0 Å². The molecule has 0 aromatic heterocycles.